The molecule has 2 saturated carbocycles. The number of aliphatic hydroxyl groups is 3. The summed E-state index contributed by atoms with van der Waals surface area (Å²) in [6.07, 6.45) is 7.83. The lowest BCUT2D eigenvalue weighted by molar-refractivity contribution is -0.139. The number of hydrogen-bond donors (Lipinski definition) is 4. The summed E-state index contributed by atoms with van der Waals surface area (Å²) in [5.74, 6) is 1.23. The SMILES string of the molecule is COc1cc(CO)cc2c1O[C@@H]1[C@@H](O)[C@H](N(Cc3ccoc3)C(=O)CC3CC4CCC3C4)C=C(C(=O)NCCO)[C@H]21. The van der Waals surface area contributed by atoms with Crippen molar-refractivity contribution in [2.24, 2.45) is 17.8 Å². The van der Waals surface area contributed by atoms with E-state index in [0.29, 0.717) is 52.4 Å². The summed E-state index contributed by atoms with van der Waals surface area (Å²) < 4.78 is 17.1. The van der Waals surface area contributed by atoms with E-state index in [4.69, 9.17) is 13.9 Å². The highest BCUT2D eigenvalue weighted by molar-refractivity contribution is 5.96. The molecule has 2 amide bonds. The van der Waals surface area contributed by atoms with E-state index in [2.05, 4.69) is 5.32 Å². The Labute approximate surface area is 238 Å². The molecule has 41 heavy (non-hydrogen) atoms. The zero-order chi connectivity index (χ0) is 28.7. The lowest BCUT2D eigenvalue weighted by Gasteiger charge is -2.41. The molecule has 0 radical (unpaired) electrons. The number of carbonyl (C=O) groups excluding carboxylic acids is 2. The molecule has 2 heterocycles. The van der Waals surface area contributed by atoms with E-state index in [-0.39, 0.29) is 32.2 Å². The Balaban J connectivity index is 1.38. The van der Waals surface area contributed by atoms with Gasteiger partial charge in [0, 0.05) is 36.2 Å². The first-order valence-corrected chi connectivity index (χ1v) is 14.5. The van der Waals surface area contributed by atoms with Crippen molar-refractivity contribution in [3.8, 4) is 11.5 Å². The van der Waals surface area contributed by atoms with E-state index in [1.807, 2.05) is 0 Å². The highest BCUT2D eigenvalue weighted by Gasteiger charge is 2.52. The molecule has 1 aliphatic heterocycles. The molecule has 3 unspecified atom stereocenters. The third-order valence-electron chi connectivity index (χ3n) is 9.43. The number of ether oxygens (including phenoxy) is 2. The van der Waals surface area contributed by atoms with Gasteiger partial charge in [0.05, 0.1) is 44.8 Å². The van der Waals surface area contributed by atoms with Gasteiger partial charge in [-0.25, -0.2) is 0 Å². The van der Waals surface area contributed by atoms with Crippen LogP contribution in [0.3, 0.4) is 0 Å². The molecule has 7 atom stereocenters. The van der Waals surface area contributed by atoms with Crippen molar-refractivity contribution in [1.29, 1.82) is 0 Å². The molecule has 3 aliphatic carbocycles. The Kier molecular flexibility index (Phi) is 7.80. The molecule has 4 N–H and O–H groups in total. The Morgan fingerprint density at radius 3 is 2.68 bits per heavy atom. The molecule has 220 valence electrons. The molecule has 1 aromatic heterocycles. The predicted molar refractivity (Wildman–Crippen MR) is 147 cm³/mol. The summed E-state index contributed by atoms with van der Waals surface area (Å²) in [6, 6.07) is 4.37. The van der Waals surface area contributed by atoms with Gasteiger partial charge in [0.15, 0.2) is 11.5 Å². The van der Waals surface area contributed by atoms with Crippen molar-refractivity contribution < 1.29 is 38.8 Å². The van der Waals surface area contributed by atoms with Crippen molar-refractivity contribution >= 4 is 11.8 Å². The van der Waals surface area contributed by atoms with Gasteiger partial charge in [-0.1, -0.05) is 6.42 Å². The first kappa shape index (κ1) is 27.8. The highest BCUT2D eigenvalue weighted by atomic mass is 16.5. The minimum Gasteiger partial charge on any atom is -0.493 e. The number of amides is 2. The number of aliphatic hydroxyl groups excluding tert-OH is 3. The molecule has 0 saturated heterocycles. The van der Waals surface area contributed by atoms with Crippen LogP contribution in [-0.4, -0.2) is 70.5 Å². The molecular formula is C31H38N2O8. The fraction of sp³-hybridized carbons (Fsp3) is 0.548. The molecule has 10 heteroatoms. The van der Waals surface area contributed by atoms with Gasteiger partial charge in [-0.15, -0.1) is 0 Å². The summed E-state index contributed by atoms with van der Waals surface area (Å²) in [4.78, 5) is 29.2. The lowest BCUT2D eigenvalue weighted by atomic mass is 9.77. The predicted octanol–water partition coefficient (Wildman–Crippen LogP) is 2.26. The van der Waals surface area contributed by atoms with Gasteiger partial charge >= 0.3 is 0 Å². The van der Waals surface area contributed by atoms with Crippen LogP contribution in [0.25, 0.3) is 0 Å². The van der Waals surface area contributed by atoms with Gasteiger partial charge in [-0.2, -0.15) is 0 Å². The molecule has 1 aromatic carbocycles. The maximum Gasteiger partial charge on any atom is 0.247 e. The molecule has 10 nitrogen and oxygen atoms in total. The number of fused-ring (bicyclic) bond motifs is 5. The number of rotatable bonds is 10. The van der Waals surface area contributed by atoms with Crippen LogP contribution in [0.1, 0.15) is 54.7 Å². The maximum atomic E-state index is 14.0. The Hall–Kier alpha value is -3.34. The lowest BCUT2D eigenvalue weighted by Crippen LogP contribution is -2.55. The zero-order valence-corrected chi connectivity index (χ0v) is 23.2. The molecular weight excluding hydrogens is 528 g/mol. The van der Waals surface area contributed by atoms with Crippen LogP contribution >= 0.6 is 0 Å². The van der Waals surface area contributed by atoms with E-state index in [1.54, 1.807) is 41.7 Å². The summed E-state index contributed by atoms with van der Waals surface area (Å²) in [5, 5.41) is 33.8. The summed E-state index contributed by atoms with van der Waals surface area (Å²) in [5.41, 5.74) is 2.32. The molecule has 2 aromatic rings. The van der Waals surface area contributed by atoms with Gasteiger partial charge in [-0.3, -0.25) is 9.59 Å². The number of methoxy groups -OCH3 is 1. The smallest absolute Gasteiger partial charge is 0.247 e. The molecule has 4 aliphatic rings. The summed E-state index contributed by atoms with van der Waals surface area (Å²) >= 11 is 0. The van der Waals surface area contributed by atoms with E-state index in [1.165, 1.54) is 26.4 Å². The number of hydrogen-bond acceptors (Lipinski definition) is 8. The number of benzene rings is 1. The van der Waals surface area contributed by atoms with Gasteiger partial charge in [-0.05, 0) is 66.9 Å². The van der Waals surface area contributed by atoms with E-state index in [0.717, 1.165) is 12.0 Å². The summed E-state index contributed by atoms with van der Waals surface area (Å²) in [6.45, 7) is -0.208. The molecule has 2 fully saturated rings. The first-order valence-electron chi connectivity index (χ1n) is 14.5. The molecule has 6 rings (SSSR count). The Morgan fingerprint density at radius 2 is 2.02 bits per heavy atom. The minimum absolute atomic E-state index is 0.0520. The maximum absolute atomic E-state index is 14.0. The Morgan fingerprint density at radius 1 is 1.17 bits per heavy atom. The minimum atomic E-state index is -1.15. The van der Waals surface area contributed by atoms with Gasteiger partial charge in [0.2, 0.25) is 11.8 Å². The largest absolute Gasteiger partial charge is 0.493 e. The van der Waals surface area contributed by atoms with Gasteiger partial charge < -0.3 is 39.4 Å². The molecule has 2 bridgehead atoms. The topological polar surface area (TPSA) is 142 Å². The summed E-state index contributed by atoms with van der Waals surface area (Å²) in [7, 11) is 1.49. The highest BCUT2D eigenvalue weighted by Crippen LogP contribution is 2.52. The van der Waals surface area contributed by atoms with Gasteiger partial charge in [0.25, 0.3) is 0 Å². The first-order chi connectivity index (χ1) is 19.9. The van der Waals surface area contributed by atoms with Crippen LogP contribution in [0, 0.1) is 17.8 Å². The van der Waals surface area contributed by atoms with Crippen LogP contribution in [0.5, 0.6) is 11.5 Å². The van der Waals surface area contributed by atoms with Crippen molar-refractivity contribution in [3.05, 3.63) is 59.1 Å². The van der Waals surface area contributed by atoms with Crippen LogP contribution in [0.4, 0.5) is 0 Å². The van der Waals surface area contributed by atoms with Crippen LogP contribution in [0.15, 0.2) is 46.8 Å². The van der Waals surface area contributed by atoms with Crippen molar-refractivity contribution in [1.82, 2.24) is 10.2 Å². The van der Waals surface area contributed by atoms with Crippen LogP contribution < -0.4 is 14.8 Å². The molecule has 0 spiro atoms. The number of furan rings is 1. The average Bonchev–Trinajstić information content (AvgIpc) is 3.79. The van der Waals surface area contributed by atoms with Crippen LogP contribution in [-0.2, 0) is 22.7 Å². The van der Waals surface area contributed by atoms with E-state index in [9.17, 15) is 24.9 Å². The van der Waals surface area contributed by atoms with Crippen molar-refractivity contribution in [2.75, 3.05) is 20.3 Å². The number of nitrogens with one attached hydrogen (secondary N) is 1. The second kappa shape index (κ2) is 11.5. The standard InChI is InChI=1S/C31H38N2O8/c1-39-25-11-19(15-35)10-22-27-23(31(38)32-5-6-34)13-24(28(37)30(27)41-29(22)25)33(14-18-4-7-40-16-18)26(36)12-21-9-17-2-3-20(21)8-17/h4,7,10-11,13,16-17,20-21,24,27-28,30,34-35,37H,2-3,5-6,8-9,12,14-15H2,1H3,(H,32,38)/t17?,20?,21?,24-,27+,28+,30+/m1/s1. The average molecular weight is 567 g/mol. The quantitative estimate of drug-likeness (QED) is 0.343. The van der Waals surface area contributed by atoms with Crippen molar-refractivity contribution in [3.63, 3.8) is 0 Å². The van der Waals surface area contributed by atoms with E-state index >= 15 is 0 Å². The van der Waals surface area contributed by atoms with Crippen molar-refractivity contribution in [2.45, 2.75) is 69.4 Å². The normalized spacial score (nSPS) is 29.4. The number of nitrogens with zero attached hydrogens (tertiary/aromatic N) is 1. The second-order valence-corrected chi connectivity index (χ2v) is 11.8. The van der Waals surface area contributed by atoms with E-state index < -0.39 is 30.1 Å². The fourth-order valence-corrected chi connectivity index (χ4v) is 7.53. The zero-order valence-electron chi connectivity index (χ0n) is 23.2. The fourth-order valence-electron chi connectivity index (χ4n) is 7.53. The van der Waals surface area contributed by atoms with Gasteiger partial charge in [0.1, 0.15) is 12.2 Å². The number of carbonyl (C=O) groups is 2. The Bertz CT molecular complexity index is 1310. The third kappa shape index (κ3) is 5.13. The monoisotopic (exact) mass is 566 g/mol. The second-order valence-electron chi connectivity index (χ2n) is 11.8. The van der Waals surface area contributed by atoms with Crippen LogP contribution in [0.2, 0.25) is 0 Å². The third-order valence-corrected chi connectivity index (χ3v) is 9.43.